The minimum atomic E-state index is -0.924. The van der Waals surface area contributed by atoms with E-state index in [1.807, 2.05) is 38.1 Å². The predicted octanol–water partition coefficient (Wildman–Crippen LogP) is 3.58. The molecule has 2 aromatic rings. The normalized spacial score (nSPS) is 11.2. The first-order valence-electron chi connectivity index (χ1n) is 8.07. The van der Waals surface area contributed by atoms with Gasteiger partial charge in [0.25, 0.3) is 5.91 Å². The molecule has 0 aliphatic heterocycles. The van der Waals surface area contributed by atoms with Gasteiger partial charge in [-0.2, -0.15) is 0 Å². The molecule has 1 heterocycles. The Morgan fingerprint density at radius 1 is 1.24 bits per heavy atom. The molecule has 0 aliphatic rings. The quantitative estimate of drug-likeness (QED) is 0.749. The molecule has 0 saturated heterocycles. The molecule has 7 heteroatoms. The lowest BCUT2D eigenvalue weighted by Gasteiger charge is -2.31. The van der Waals surface area contributed by atoms with E-state index in [0.29, 0.717) is 17.7 Å². The Balaban J connectivity index is 2.17. The lowest BCUT2D eigenvalue weighted by molar-refractivity contribution is -0.138. The number of aromatic nitrogens is 1. The van der Waals surface area contributed by atoms with Gasteiger partial charge in [-0.1, -0.05) is 13.8 Å². The number of ether oxygens (including phenoxy) is 1. The Kier molecular flexibility index (Phi) is 6.14. The van der Waals surface area contributed by atoms with Crippen LogP contribution in [0.15, 0.2) is 30.5 Å². The van der Waals surface area contributed by atoms with Gasteiger partial charge in [-0.15, -0.1) is 11.3 Å². The van der Waals surface area contributed by atoms with Crippen molar-refractivity contribution in [3.8, 4) is 16.3 Å². The van der Waals surface area contributed by atoms with Gasteiger partial charge < -0.3 is 15.2 Å². The van der Waals surface area contributed by atoms with E-state index >= 15 is 0 Å². The summed E-state index contributed by atoms with van der Waals surface area (Å²) in [6.07, 6.45) is 2.52. The van der Waals surface area contributed by atoms with Crippen LogP contribution < -0.4 is 10.1 Å². The van der Waals surface area contributed by atoms with E-state index in [-0.39, 0.29) is 12.3 Å². The first-order chi connectivity index (χ1) is 11.9. The molecular formula is C18H22N2O4S. The number of carboxylic acid groups (broad SMARTS) is 1. The Labute approximate surface area is 150 Å². The third kappa shape index (κ3) is 4.57. The van der Waals surface area contributed by atoms with Crippen LogP contribution in [0.1, 0.15) is 42.8 Å². The fraction of sp³-hybridized carbons (Fsp3) is 0.389. The molecular weight excluding hydrogens is 340 g/mol. The van der Waals surface area contributed by atoms with E-state index in [9.17, 15) is 9.59 Å². The van der Waals surface area contributed by atoms with Crippen LogP contribution in [0.4, 0.5) is 0 Å². The highest BCUT2D eigenvalue weighted by molar-refractivity contribution is 7.16. The number of nitrogens with zero attached hydrogens (tertiary/aromatic N) is 1. The van der Waals surface area contributed by atoms with Gasteiger partial charge >= 0.3 is 5.97 Å². The number of methoxy groups -OCH3 is 1. The molecule has 0 spiro atoms. The van der Waals surface area contributed by atoms with E-state index in [0.717, 1.165) is 16.3 Å². The molecule has 0 atom stereocenters. The average Bonchev–Trinajstić information content (AvgIpc) is 3.11. The molecule has 6 nitrogen and oxygen atoms in total. The van der Waals surface area contributed by atoms with E-state index in [1.54, 1.807) is 7.11 Å². The number of carboxylic acids is 1. The number of amides is 1. The van der Waals surface area contributed by atoms with Crippen molar-refractivity contribution in [2.24, 2.45) is 0 Å². The smallest absolute Gasteiger partial charge is 0.305 e. The standard InChI is InChI=1S/C18H22N2O4S/c1-4-18(5-2,10-15(21)22)20-16(23)14-11-19-17(25-14)12-6-8-13(24-3)9-7-12/h6-9,11H,4-5,10H2,1-3H3,(H,20,23)(H,21,22). The molecule has 2 rings (SSSR count). The van der Waals surface area contributed by atoms with Crippen LogP contribution in [0.3, 0.4) is 0 Å². The maximum absolute atomic E-state index is 12.6. The second-order valence-corrected chi connectivity index (χ2v) is 6.80. The van der Waals surface area contributed by atoms with Crippen LogP contribution in [0.2, 0.25) is 0 Å². The molecule has 1 aromatic carbocycles. The van der Waals surface area contributed by atoms with Gasteiger partial charge in [0.1, 0.15) is 15.6 Å². The Morgan fingerprint density at radius 2 is 1.88 bits per heavy atom. The summed E-state index contributed by atoms with van der Waals surface area (Å²) in [6.45, 7) is 3.75. The third-order valence-electron chi connectivity index (χ3n) is 4.29. The van der Waals surface area contributed by atoms with Crippen molar-refractivity contribution >= 4 is 23.2 Å². The van der Waals surface area contributed by atoms with Crippen LogP contribution in [0.25, 0.3) is 10.6 Å². The topological polar surface area (TPSA) is 88.5 Å². The first-order valence-corrected chi connectivity index (χ1v) is 8.89. The number of hydrogen-bond donors (Lipinski definition) is 2. The fourth-order valence-corrected chi connectivity index (χ4v) is 3.38. The second kappa shape index (κ2) is 8.11. The van der Waals surface area contributed by atoms with Crippen molar-refractivity contribution in [3.63, 3.8) is 0 Å². The molecule has 0 saturated carbocycles. The van der Waals surface area contributed by atoms with E-state index in [2.05, 4.69) is 10.3 Å². The summed E-state index contributed by atoms with van der Waals surface area (Å²) in [6, 6.07) is 7.43. The molecule has 25 heavy (non-hydrogen) atoms. The molecule has 1 aromatic heterocycles. The molecule has 0 radical (unpaired) electrons. The average molecular weight is 362 g/mol. The molecule has 2 N–H and O–H groups in total. The Bertz CT molecular complexity index is 736. The van der Waals surface area contributed by atoms with Gasteiger partial charge in [0.2, 0.25) is 0 Å². The summed E-state index contributed by atoms with van der Waals surface area (Å²) in [5.74, 6) is -0.461. The van der Waals surface area contributed by atoms with Gasteiger partial charge in [-0.3, -0.25) is 9.59 Å². The largest absolute Gasteiger partial charge is 0.497 e. The summed E-state index contributed by atoms with van der Waals surface area (Å²) in [5, 5.41) is 12.7. The number of thiazole rings is 1. The Morgan fingerprint density at radius 3 is 2.40 bits per heavy atom. The summed E-state index contributed by atoms with van der Waals surface area (Å²) in [5.41, 5.74) is 0.153. The highest BCUT2D eigenvalue weighted by Gasteiger charge is 2.31. The van der Waals surface area contributed by atoms with Crippen LogP contribution in [0.5, 0.6) is 5.75 Å². The number of nitrogens with one attached hydrogen (secondary N) is 1. The number of carbonyl (C=O) groups is 2. The number of benzene rings is 1. The maximum atomic E-state index is 12.6. The highest BCUT2D eigenvalue weighted by atomic mass is 32.1. The van der Waals surface area contributed by atoms with Crippen molar-refractivity contribution in [1.82, 2.24) is 10.3 Å². The lowest BCUT2D eigenvalue weighted by Crippen LogP contribution is -2.48. The van der Waals surface area contributed by atoms with Crippen molar-refractivity contribution in [3.05, 3.63) is 35.3 Å². The predicted molar refractivity (Wildman–Crippen MR) is 97.1 cm³/mol. The fourth-order valence-electron chi connectivity index (χ4n) is 2.56. The van der Waals surface area contributed by atoms with Gasteiger partial charge in [0.15, 0.2) is 0 Å². The van der Waals surface area contributed by atoms with Crippen LogP contribution in [-0.2, 0) is 4.79 Å². The maximum Gasteiger partial charge on any atom is 0.305 e. The number of aliphatic carboxylic acids is 1. The van der Waals surface area contributed by atoms with E-state index < -0.39 is 11.5 Å². The zero-order valence-corrected chi connectivity index (χ0v) is 15.4. The Hall–Kier alpha value is -2.41. The first kappa shape index (κ1) is 18.9. The van der Waals surface area contributed by atoms with E-state index in [4.69, 9.17) is 9.84 Å². The number of carbonyl (C=O) groups excluding carboxylic acids is 1. The molecule has 0 aliphatic carbocycles. The lowest BCUT2D eigenvalue weighted by atomic mass is 9.89. The van der Waals surface area contributed by atoms with E-state index in [1.165, 1.54) is 17.5 Å². The summed E-state index contributed by atoms with van der Waals surface area (Å²) < 4.78 is 5.13. The van der Waals surface area contributed by atoms with Gasteiger partial charge in [0, 0.05) is 5.56 Å². The van der Waals surface area contributed by atoms with Crippen molar-refractivity contribution in [2.45, 2.75) is 38.6 Å². The van der Waals surface area contributed by atoms with Gasteiger partial charge in [-0.25, -0.2) is 4.98 Å². The number of rotatable bonds is 8. The van der Waals surface area contributed by atoms with Gasteiger partial charge in [-0.05, 0) is 37.1 Å². The molecule has 134 valence electrons. The third-order valence-corrected chi connectivity index (χ3v) is 5.33. The molecule has 0 unspecified atom stereocenters. The summed E-state index contributed by atoms with van der Waals surface area (Å²) in [4.78, 5) is 28.4. The van der Waals surface area contributed by atoms with Crippen molar-refractivity contribution in [2.75, 3.05) is 7.11 Å². The summed E-state index contributed by atoms with van der Waals surface area (Å²) in [7, 11) is 1.60. The summed E-state index contributed by atoms with van der Waals surface area (Å²) >= 11 is 1.28. The zero-order valence-electron chi connectivity index (χ0n) is 14.5. The van der Waals surface area contributed by atoms with Crippen LogP contribution in [0, 0.1) is 0 Å². The number of hydrogen-bond acceptors (Lipinski definition) is 5. The molecule has 1 amide bonds. The molecule has 0 bridgehead atoms. The second-order valence-electron chi connectivity index (χ2n) is 5.77. The zero-order chi connectivity index (χ0) is 18.4. The van der Waals surface area contributed by atoms with Crippen molar-refractivity contribution in [1.29, 1.82) is 0 Å². The van der Waals surface area contributed by atoms with Gasteiger partial charge in [0.05, 0.1) is 25.3 Å². The van der Waals surface area contributed by atoms with Crippen LogP contribution >= 0.6 is 11.3 Å². The van der Waals surface area contributed by atoms with Crippen LogP contribution in [-0.4, -0.2) is 34.6 Å². The monoisotopic (exact) mass is 362 g/mol. The highest BCUT2D eigenvalue weighted by Crippen LogP contribution is 2.28. The molecule has 0 fully saturated rings. The minimum Gasteiger partial charge on any atom is -0.497 e. The SMILES string of the molecule is CCC(CC)(CC(=O)O)NC(=O)c1cnc(-c2ccc(OC)cc2)s1. The van der Waals surface area contributed by atoms with Crippen molar-refractivity contribution < 1.29 is 19.4 Å². The minimum absolute atomic E-state index is 0.101.